The van der Waals surface area contributed by atoms with E-state index in [9.17, 15) is 0 Å². The number of likely N-dealkylation sites (tertiary alicyclic amines) is 1. The van der Waals surface area contributed by atoms with Crippen molar-refractivity contribution in [2.45, 2.75) is 25.8 Å². The minimum atomic E-state index is 0.585. The molecule has 3 aromatic rings. The van der Waals surface area contributed by atoms with Gasteiger partial charge in [-0.25, -0.2) is 9.55 Å². The van der Waals surface area contributed by atoms with Crippen molar-refractivity contribution in [3.8, 4) is 0 Å². The van der Waals surface area contributed by atoms with Crippen molar-refractivity contribution >= 4 is 28.1 Å². The lowest BCUT2D eigenvalue weighted by Gasteiger charge is -2.28. The number of hydrogen-bond acceptors (Lipinski definition) is 3. The number of aryl methyl sites for hydroxylation is 1. The maximum Gasteiger partial charge on any atom is 0.177 e. The van der Waals surface area contributed by atoms with Crippen LogP contribution < -0.4 is 4.57 Å². The van der Waals surface area contributed by atoms with Crippen molar-refractivity contribution in [3.63, 3.8) is 0 Å². The fourth-order valence-corrected chi connectivity index (χ4v) is 4.09. The molecule has 24 heavy (non-hydrogen) atoms. The molecular formula is C18H22N5S+. The van der Waals surface area contributed by atoms with E-state index in [1.165, 1.54) is 30.2 Å². The Balaban J connectivity index is 1.53. The molecule has 124 valence electrons. The maximum absolute atomic E-state index is 8.40. The first-order valence-electron chi connectivity index (χ1n) is 8.43. The van der Waals surface area contributed by atoms with E-state index in [1.54, 1.807) is 11.3 Å². The van der Waals surface area contributed by atoms with Crippen LogP contribution in [0.15, 0.2) is 36.1 Å². The predicted octanol–water partition coefficient (Wildman–Crippen LogP) is 2.78. The van der Waals surface area contributed by atoms with E-state index in [1.807, 2.05) is 12.4 Å². The van der Waals surface area contributed by atoms with Gasteiger partial charge in [0.15, 0.2) is 12.4 Å². The first-order valence-corrected chi connectivity index (χ1v) is 9.31. The first-order chi connectivity index (χ1) is 11.7. The van der Waals surface area contributed by atoms with Crippen molar-refractivity contribution in [3.05, 3.63) is 46.8 Å². The smallest absolute Gasteiger partial charge is 0.177 e. The third kappa shape index (κ3) is 2.94. The van der Waals surface area contributed by atoms with Crippen LogP contribution in [0.4, 0.5) is 0 Å². The number of nitrogens with zero attached hydrogens (tertiary/aromatic N) is 4. The average Bonchev–Trinajstić information content (AvgIpc) is 3.22. The van der Waals surface area contributed by atoms with Gasteiger partial charge in [0.2, 0.25) is 0 Å². The maximum atomic E-state index is 8.40. The van der Waals surface area contributed by atoms with Crippen molar-refractivity contribution in [2.75, 3.05) is 13.1 Å². The van der Waals surface area contributed by atoms with Crippen LogP contribution in [-0.4, -0.2) is 33.4 Å². The third-order valence-electron chi connectivity index (χ3n) is 4.62. The quantitative estimate of drug-likeness (QED) is 0.453. The topological polar surface area (TPSA) is 48.8 Å². The van der Waals surface area contributed by atoms with Gasteiger partial charge >= 0.3 is 0 Å². The Kier molecular flexibility index (Phi) is 4.06. The highest BCUT2D eigenvalue weighted by Crippen LogP contribution is 2.19. The molecule has 1 fully saturated rings. The highest BCUT2D eigenvalue weighted by atomic mass is 32.1. The van der Waals surface area contributed by atoms with E-state index in [-0.39, 0.29) is 0 Å². The van der Waals surface area contributed by atoms with Crippen LogP contribution in [0.5, 0.6) is 0 Å². The molecule has 0 bridgehead atoms. The lowest BCUT2D eigenvalue weighted by molar-refractivity contribution is -0.670. The van der Waals surface area contributed by atoms with Gasteiger partial charge in [-0.3, -0.25) is 5.41 Å². The van der Waals surface area contributed by atoms with Gasteiger partial charge in [0.05, 0.1) is 17.4 Å². The Labute approximate surface area is 145 Å². The molecule has 4 heterocycles. The Morgan fingerprint density at radius 2 is 2.12 bits per heavy atom. The minimum absolute atomic E-state index is 0.585. The zero-order valence-electron chi connectivity index (χ0n) is 13.9. The van der Waals surface area contributed by atoms with Crippen LogP contribution in [0.2, 0.25) is 0 Å². The number of aromatic nitrogens is 3. The summed E-state index contributed by atoms with van der Waals surface area (Å²) in [6.07, 6.45) is 9.97. The van der Waals surface area contributed by atoms with Gasteiger partial charge in [-0.05, 0) is 25.3 Å². The Morgan fingerprint density at radius 1 is 1.29 bits per heavy atom. The van der Waals surface area contributed by atoms with Crippen LogP contribution in [0.25, 0.3) is 10.9 Å². The van der Waals surface area contributed by atoms with E-state index >= 15 is 0 Å². The molecule has 5 nitrogen and oxygen atoms in total. The Bertz CT molecular complexity index is 873. The van der Waals surface area contributed by atoms with E-state index in [4.69, 9.17) is 10.4 Å². The monoisotopic (exact) mass is 340 g/mol. The van der Waals surface area contributed by atoms with Gasteiger partial charge in [-0.2, -0.15) is 0 Å². The molecule has 0 saturated carbocycles. The van der Waals surface area contributed by atoms with Crippen LogP contribution in [-0.2, 0) is 13.6 Å². The lowest BCUT2D eigenvalue weighted by atomic mass is 10.1. The summed E-state index contributed by atoms with van der Waals surface area (Å²) in [6, 6.07) is 4.28. The summed E-state index contributed by atoms with van der Waals surface area (Å²) in [5, 5.41) is 12.7. The normalized spacial score (nSPS) is 15.1. The van der Waals surface area contributed by atoms with Gasteiger partial charge in [0, 0.05) is 30.7 Å². The highest BCUT2D eigenvalue weighted by Gasteiger charge is 2.17. The SMILES string of the molecule is C[n+]1ccc2c(ccn2Cc2nc(C(=N)N3CCCCC3)cs2)c1. The number of piperidine rings is 1. The van der Waals surface area contributed by atoms with Gasteiger partial charge in [0.1, 0.15) is 23.6 Å². The molecule has 0 aliphatic carbocycles. The summed E-state index contributed by atoms with van der Waals surface area (Å²) in [5.41, 5.74) is 2.04. The summed E-state index contributed by atoms with van der Waals surface area (Å²) in [5.74, 6) is 0.585. The summed E-state index contributed by atoms with van der Waals surface area (Å²) >= 11 is 1.65. The number of nitrogens with one attached hydrogen (secondary N) is 1. The second-order valence-electron chi connectivity index (χ2n) is 6.42. The highest BCUT2D eigenvalue weighted by molar-refractivity contribution is 7.09. The molecule has 3 aromatic heterocycles. The van der Waals surface area contributed by atoms with Crippen molar-refractivity contribution < 1.29 is 4.57 Å². The van der Waals surface area contributed by atoms with Crippen LogP contribution >= 0.6 is 11.3 Å². The average molecular weight is 340 g/mol. The largest absolute Gasteiger partial charge is 0.355 e. The zero-order chi connectivity index (χ0) is 16.5. The van der Waals surface area contributed by atoms with Gasteiger partial charge in [-0.1, -0.05) is 0 Å². The van der Waals surface area contributed by atoms with Crippen LogP contribution in [0, 0.1) is 5.41 Å². The lowest BCUT2D eigenvalue weighted by Crippen LogP contribution is -2.35. The standard InChI is InChI=1S/C18H22N5S/c1-21-9-6-16-14(11-21)5-10-23(16)12-17-20-15(13-24-17)18(19)22-7-3-2-4-8-22/h5-6,9-11,13,19H,2-4,7-8,12H2,1H3/q+1. The van der Waals surface area contributed by atoms with E-state index < -0.39 is 0 Å². The fourth-order valence-electron chi connectivity index (χ4n) is 3.31. The van der Waals surface area contributed by atoms with Crippen molar-refractivity contribution in [2.24, 2.45) is 7.05 Å². The van der Waals surface area contributed by atoms with Crippen molar-refractivity contribution in [1.82, 2.24) is 14.5 Å². The van der Waals surface area contributed by atoms with E-state index in [0.29, 0.717) is 5.84 Å². The van der Waals surface area contributed by atoms with Crippen molar-refractivity contribution in [1.29, 1.82) is 5.41 Å². The summed E-state index contributed by atoms with van der Waals surface area (Å²) < 4.78 is 4.29. The number of hydrogen-bond donors (Lipinski definition) is 1. The second kappa shape index (κ2) is 6.36. The molecule has 0 atom stereocenters. The van der Waals surface area contributed by atoms with Gasteiger partial charge < -0.3 is 9.47 Å². The Hall–Kier alpha value is -2.21. The van der Waals surface area contributed by atoms with E-state index in [0.717, 1.165) is 30.3 Å². The van der Waals surface area contributed by atoms with Crippen LogP contribution in [0.3, 0.4) is 0 Å². The minimum Gasteiger partial charge on any atom is -0.355 e. The fraction of sp³-hybridized carbons (Fsp3) is 0.389. The number of pyridine rings is 1. The molecule has 0 aromatic carbocycles. The molecule has 0 spiro atoms. The third-order valence-corrected chi connectivity index (χ3v) is 5.46. The summed E-state index contributed by atoms with van der Waals surface area (Å²) in [6.45, 7) is 2.74. The molecular weight excluding hydrogens is 318 g/mol. The molecule has 0 radical (unpaired) electrons. The molecule has 4 rings (SSSR count). The summed E-state index contributed by atoms with van der Waals surface area (Å²) in [4.78, 5) is 6.87. The number of rotatable bonds is 3. The number of amidine groups is 1. The number of thiazole rings is 1. The predicted molar refractivity (Wildman–Crippen MR) is 96.6 cm³/mol. The molecule has 1 N–H and O–H groups in total. The molecule has 1 aliphatic heterocycles. The number of fused-ring (bicyclic) bond motifs is 1. The second-order valence-corrected chi connectivity index (χ2v) is 7.36. The Morgan fingerprint density at radius 3 is 2.96 bits per heavy atom. The molecule has 1 aliphatic rings. The van der Waals surface area contributed by atoms with E-state index in [2.05, 4.69) is 44.8 Å². The summed E-state index contributed by atoms with van der Waals surface area (Å²) in [7, 11) is 2.04. The van der Waals surface area contributed by atoms with Gasteiger partial charge in [0.25, 0.3) is 0 Å². The van der Waals surface area contributed by atoms with Crippen LogP contribution in [0.1, 0.15) is 30.0 Å². The first kappa shape index (κ1) is 15.3. The van der Waals surface area contributed by atoms with Gasteiger partial charge in [-0.15, -0.1) is 11.3 Å². The molecule has 0 amide bonds. The molecule has 6 heteroatoms. The zero-order valence-corrected chi connectivity index (χ0v) is 14.7. The molecule has 0 unspecified atom stereocenters. The molecule has 1 saturated heterocycles.